The molecule has 0 N–H and O–H groups in total. The van der Waals surface area contributed by atoms with Crippen molar-refractivity contribution in [3.8, 4) is 0 Å². The molecular weight excluding hydrogens is 314 g/mol. The van der Waals surface area contributed by atoms with E-state index in [2.05, 4.69) is 56.2 Å². The van der Waals surface area contributed by atoms with Crippen LogP contribution in [0.15, 0.2) is 29.3 Å². The first-order chi connectivity index (χ1) is 12.8. The van der Waals surface area contributed by atoms with Gasteiger partial charge in [0, 0.05) is 6.21 Å². The van der Waals surface area contributed by atoms with Crippen LogP contribution in [0.4, 0.5) is 5.69 Å². The highest BCUT2D eigenvalue weighted by molar-refractivity contribution is 5.64. The second-order valence-corrected chi connectivity index (χ2v) is 7.92. The minimum Gasteiger partial charge on any atom is -0.261 e. The van der Waals surface area contributed by atoms with Crippen molar-refractivity contribution in [2.75, 3.05) is 0 Å². The fourth-order valence-corrected chi connectivity index (χ4v) is 3.66. The Kier molecular flexibility index (Phi) is 14.2. The van der Waals surface area contributed by atoms with Crippen molar-refractivity contribution in [1.82, 2.24) is 0 Å². The van der Waals surface area contributed by atoms with Crippen molar-refractivity contribution in [2.24, 2.45) is 10.9 Å². The van der Waals surface area contributed by atoms with Gasteiger partial charge in [-0.25, -0.2) is 0 Å². The molecule has 0 spiro atoms. The predicted molar refractivity (Wildman–Crippen MR) is 119 cm³/mol. The number of aliphatic imine (C=N–C) groups is 1. The van der Waals surface area contributed by atoms with Crippen LogP contribution in [0.25, 0.3) is 0 Å². The third kappa shape index (κ3) is 11.5. The summed E-state index contributed by atoms with van der Waals surface area (Å²) in [7, 11) is 0. The fourth-order valence-electron chi connectivity index (χ4n) is 3.66. The largest absolute Gasteiger partial charge is 0.261 e. The van der Waals surface area contributed by atoms with Gasteiger partial charge in [0.25, 0.3) is 0 Å². The lowest BCUT2D eigenvalue weighted by Gasteiger charge is -2.14. The van der Waals surface area contributed by atoms with Gasteiger partial charge in [0.1, 0.15) is 0 Å². The fraction of sp³-hybridized carbons (Fsp3) is 0.720. The molecule has 0 amide bonds. The Morgan fingerprint density at radius 3 is 2.08 bits per heavy atom. The summed E-state index contributed by atoms with van der Waals surface area (Å²) < 4.78 is 0. The smallest absolute Gasteiger partial charge is 0.0654 e. The number of rotatable bonds is 16. The van der Waals surface area contributed by atoms with Crippen LogP contribution in [0.1, 0.15) is 109 Å². The molecule has 1 aromatic carbocycles. The quantitative estimate of drug-likeness (QED) is 0.207. The molecule has 1 nitrogen and oxygen atoms in total. The molecule has 0 radical (unpaired) electrons. The maximum Gasteiger partial charge on any atom is 0.0654 e. The second-order valence-electron chi connectivity index (χ2n) is 7.92. The first kappa shape index (κ1) is 22.9. The zero-order valence-corrected chi connectivity index (χ0v) is 17.8. The third-order valence-corrected chi connectivity index (χ3v) is 5.58. The molecule has 148 valence electrons. The summed E-state index contributed by atoms with van der Waals surface area (Å²) >= 11 is 0. The van der Waals surface area contributed by atoms with Gasteiger partial charge in [0.2, 0.25) is 0 Å². The molecule has 0 saturated heterocycles. The number of unbranched alkanes of at least 4 members (excludes halogenated alkanes) is 9. The number of para-hydroxylation sites is 1. The van der Waals surface area contributed by atoms with Gasteiger partial charge < -0.3 is 0 Å². The van der Waals surface area contributed by atoms with E-state index in [0.717, 1.165) is 18.0 Å². The van der Waals surface area contributed by atoms with E-state index in [0.29, 0.717) is 0 Å². The Morgan fingerprint density at radius 1 is 0.808 bits per heavy atom. The molecular formula is C25H43N. The van der Waals surface area contributed by atoms with Crippen molar-refractivity contribution in [3.63, 3.8) is 0 Å². The number of aryl methyl sites for hydroxylation is 1. The van der Waals surface area contributed by atoms with Gasteiger partial charge in [-0.3, -0.25) is 4.99 Å². The topological polar surface area (TPSA) is 12.4 Å². The van der Waals surface area contributed by atoms with E-state index in [1.807, 2.05) is 0 Å². The summed E-state index contributed by atoms with van der Waals surface area (Å²) in [6.07, 6.45) is 21.5. The van der Waals surface area contributed by atoms with Crippen molar-refractivity contribution < 1.29 is 0 Å². The van der Waals surface area contributed by atoms with Gasteiger partial charge in [-0.1, -0.05) is 109 Å². The normalized spacial score (nSPS) is 12.7. The maximum absolute atomic E-state index is 4.60. The molecule has 0 aromatic heterocycles. The van der Waals surface area contributed by atoms with E-state index in [9.17, 15) is 0 Å². The number of benzene rings is 1. The van der Waals surface area contributed by atoms with Crippen LogP contribution >= 0.6 is 0 Å². The molecule has 0 aliphatic carbocycles. The summed E-state index contributed by atoms with van der Waals surface area (Å²) in [5.74, 6) is 0.976. The Balaban J connectivity index is 1.98. The first-order valence-corrected chi connectivity index (χ1v) is 11.4. The van der Waals surface area contributed by atoms with Crippen LogP contribution in [0.3, 0.4) is 0 Å². The molecule has 0 aliphatic heterocycles. The van der Waals surface area contributed by atoms with Crippen molar-refractivity contribution in [3.05, 3.63) is 29.8 Å². The summed E-state index contributed by atoms with van der Waals surface area (Å²) in [5, 5.41) is 0. The summed E-state index contributed by atoms with van der Waals surface area (Å²) in [4.78, 5) is 4.60. The minimum atomic E-state index is 0.976. The molecule has 0 bridgehead atoms. The molecule has 1 heteroatoms. The van der Waals surface area contributed by atoms with E-state index in [-0.39, 0.29) is 0 Å². The predicted octanol–water partition coefficient (Wildman–Crippen LogP) is 8.81. The zero-order valence-electron chi connectivity index (χ0n) is 17.8. The van der Waals surface area contributed by atoms with Gasteiger partial charge in [-0.2, -0.15) is 0 Å². The highest BCUT2D eigenvalue weighted by atomic mass is 14.7. The average molecular weight is 358 g/mol. The Morgan fingerprint density at radius 2 is 1.42 bits per heavy atom. The molecule has 0 aliphatic rings. The lowest BCUT2D eigenvalue weighted by molar-refractivity contribution is 0.394. The lowest BCUT2D eigenvalue weighted by atomic mass is 9.92. The van der Waals surface area contributed by atoms with Gasteiger partial charge in [-0.15, -0.1) is 0 Å². The van der Waals surface area contributed by atoms with Crippen molar-refractivity contribution in [1.29, 1.82) is 0 Å². The number of nitrogens with zero attached hydrogens (tertiary/aromatic N) is 1. The molecule has 26 heavy (non-hydrogen) atoms. The van der Waals surface area contributed by atoms with E-state index >= 15 is 0 Å². The maximum atomic E-state index is 4.60. The van der Waals surface area contributed by atoms with E-state index in [1.54, 1.807) is 0 Å². The van der Waals surface area contributed by atoms with Gasteiger partial charge in [0.15, 0.2) is 0 Å². The molecule has 1 atom stereocenters. The van der Waals surface area contributed by atoms with Crippen LogP contribution in [0.2, 0.25) is 0 Å². The molecule has 1 aromatic rings. The molecule has 1 rings (SSSR count). The molecule has 1 unspecified atom stereocenters. The zero-order chi connectivity index (χ0) is 18.9. The van der Waals surface area contributed by atoms with Crippen molar-refractivity contribution in [2.45, 2.75) is 111 Å². The SMILES string of the molecule is CCCCCCCCC(CC)CCCCCCC=Nc1ccccc1C. The monoisotopic (exact) mass is 357 g/mol. The summed E-state index contributed by atoms with van der Waals surface area (Å²) in [6, 6.07) is 8.36. The van der Waals surface area contributed by atoms with Gasteiger partial charge in [0.05, 0.1) is 5.69 Å². The molecule has 0 fully saturated rings. The highest BCUT2D eigenvalue weighted by Crippen LogP contribution is 2.21. The summed E-state index contributed by atoms with van der Waals surface area (Å²) in [5.41, 5.74) is 2.38. The van der Waals surface area contributed by atoms with E-state index < -0.39 is 0 Å². The first-order valence-electron chi connectivity index (χ1n) is 11.4. The number of hydrogen-bond acceptors (Lipinski definition) is 1. The Bertz CT molecular complexity index is 463. The van der Waals surface area contributed by atoms with Crippen LogP contribution in [-0.4, -0.2) is 6.21 Å². The summed E-state index contributed by atoms with van der Waals surface area (Å²) in [6.45, 7) is 6.80. The third-order valence-electron chi connectivity index (χ3n) is 5.58. The standard InChI is InChI=1S/C25H43N/c1-4-6-7-8-10-13-19-24(5-2)20-14-11-9-12-17-22-26-25-21-16-15-18-23(25)3/h15-16,18,21-22,24H,4-14,17,19-20H2,1-3H3. The van der Waals surface area contributed by atoms with E-state index in [4.69, 9.17) is 0 Å². The van der Waals surface area contributed by atoms with Gasteiger partial charge in [-0.05, 0) is 37.3 Å². The van der Waals surface area contributed by atoms with Crippen LogP contribution in [0, 0.1) is 12.8 Å². The minimum absolute atomic E-state index is 0.976. The second kappa shape index (κ2) is 16.1. The average Bonchev–Trinajstić information content (AvgIpc) is 2.66. The molecule has 0 heterocycles. The van der Waals surface area contributed by atoms with Crippen LogP contribution in [0.5, 0.6) is 0 Å². The van der Waals surface area contributed by atoms with E-state index in [1.165, 1.54) is 89.0 Å². The van der Waals surface area contributed by atoms with Gasteiger partial charge >= 0.3 is 0 Å². The highest BCUT2D eigenvalue weighted by Gasteiger charge is 2.05. The van der Waals surface area contributed by atoms with Crippen LogP contribution in [-0.2, 0) is 0 Å². The number of hydrogen-bond donors (Lipinski definition) is 0. The van der Waals surface area contributed by atoms with Crippen molar-refractivity contribution >= 4 is 11.9 Å². The molecule has 0 saturated carbocycles. The Labute approximate surface area is 163 Å². The Hall–Kier alpha value is -1.11. The van der Waals surface area contributed by atoms with Crippen LogP contribution < -0.4 is 0 Å². The lowest BCUT2D eigenvalue weighted by Crippen LogP contribution is -1.99.